The smallest absolute Gasteiger partial charge is 0.277 e. The average molecular weight is 367 g/mol. The molecule has 0 bridgehead atoms. The quantitative estimate of drug-likeness (QED) is 0.606. The minimum absolute atomic E-state index is 0.00881. The Morgan fingerprint density at radius 2 is 1.81 bits per heavy atom. The van der Waals surface area contributed by atoms with E-state index in [1.165, 1.54) is 11.8 Å². The number of carbonyl (C=O) groups is 1. The van der Waals surface area contributed by atoms with Gasteiger partial charge in [-0.2, -0.15) is 0 Å². The van der Waals surface area contributed by atoms with Gasteiger partial charge in [0.05, 0.1) is 11.8 Å². The van der Waals surface area contributed by atoms with Crippen LogP contribution in [0.25, 0.3) is 11.5 Å². The Morgan fingerprint density at radius 1 is 1.12 bits per heavy atom. The number of benzene rings is 2. The average Bonchev–Trinajstić information content (AvgIpc) is 3.14. The number of carbonyl (C=O) groups excluding carboxylic acids is 1. The highest BCUT2D eigenvalue weighted by molar-refractivity contribution is 7.99. The summed E-state index contributed by atoms with van der Waals surface area (Å²) in [5.74, 6) is 0.745. The zero-order valence-electron chi connectivity index (χ0n) is 15.0. The van der Waals surface area contributed by atoms with E-state index in [0.717, 1.165) is 16.7 Å². The lowest BCUT2D eigenvalue weighted by molar-refractivity contribution is -0.128. The molecule has 1 aromatic heterocycles. The molecule has 5 nitrogen and oxygen atoms in total. The summed E-state index contributed by atoms with van der Waals surface area (Å²) in [4.78, 5) is 14.2. The monoisotopic (exact) mass is 367 g/mol. The molecule has 0 saturated carbocycles. The molecule has 1 amide bonds. The molecule has 1 heterocycles. The van der Waals surface area contributed by atoms with Gasteiger partial charge in [0.2, 0.25) is 11.8 Å². The second-order valence-corrected chi connectivity index (χ2v) is 6.99. The van der Waals surface area contributed by atoms with Gasteiger partial charge in [-0.15, -0.1) is 10.2 Å². The third-order valence-electron chi connectivity index (χ3n) is 4.36. The van der Waals surface area contributed by atoms with E-state index < -0.39 is 0 Å². The zero-order valence-corrected chi connectivity index (χ0v) is 15.9. The first-order valence-electron chi connectivity index (χ1n) is 8.39. The van der Waals surface area contributed by atoms with Gasteiger partial charge in [0.15, 0.2) is 0 Å². The summed E-state index contributed by atoms with van der Waals surface area (Å²) in [5.41, 5.74) is 3.08. The van der Waals surface area contributed by atoms with Crippen molar-refractivity contribution < 1.29 is 9.21 Å². The van der Waals surface area contributed by atoms with E-state index in [9.17, 15) is 4.79 Å². The van der Waals surface area contributed by atoms with Crippen molar-refractivity contribution in [3.05, 3.63) is 65.7 Å². The maximum atomic E-state index is 12.5. The first-order valence-corrected chi connectivity index (χ1v) is 9.37. The maximum Gasteiger partial charge on any atom is 0.277 e. The van der Waals surface area contributed by atoms with Crippen LogP contribution >= 0.6 is 11.8 Å². The summed E-state index contributed by atoms with van der Waals surface area (Å²) in [7, 11) is 1.81. The molecule has 6 heteroatoms. The molecular formula is C20H21N3O2S. The van der Waals surface area contributed by atoms with Gasteiger partial charge >= 0.3 is 0 Å². The summed E-state index contributed by atoms with van der Waals surface area (Å²) >= 11 is 1.26. The fourth-order valence-corrected chi connectivity index (χ4v) is 3.27. The molecule has 0 fully saturated rings. The third-order valence-corrected chi connectivity index (χ3v) is 5.16. The van der Waals surface area contributed by atoms with E-state index in [1.807, 2.05) is 75.5 Å². The fraction of sp³-hybridized carbons (Fsp3) is 0.250. The Hall–Kier alpha value is -2.60. The highest BCUT2D eigenvalue weighted by atomic mass is 32.2. The standard InChI is InChI=1S/C20H21N3O2S/c1-14-9-7-8-12-17(14)19-21-22-20(25-19)26-13-18(24)23(3)15(2)16-10-5-4-6-11-16/h4-12,15H,13H2,1-3H3/t15-/m1/s1. The number of aromatic nitrogens is 2. The molecule has 0 radical (unpaired) electrons. The van der Waals surface area contributed by atoms with E-state index >= 15 is 0 Å². The van der Waals surface area contributed by atoms with Crippen LogP contribution in [0, 0.1) is 6.92 Å². The minimum Gasteiger partial charge on any atom is -0.411 e. The van der Waals surface area contributed by atoms with Gasteiger partial charge < -0.3 is 9.32 Å². The lowest BCUT2D eigenvalue weighted by atomic mass is 10.1. The molecule has 3 rings (SSSR count). The first kappa shape index (κ1) is 18.2. The molecule has 0 aliphatic carbocycles. The SMILES string of the molecule is Cc1ccccc1-c1nnc(SCC(=O)N(C)[C@H](C)c2ccccc2)o1. The Morgan fingerprint density at radius 3 is 2.54 bits per heavy atom. The van der Waals surface area contributed by atoms with Crippen molar-refractivity contribution in [2.24, 2.45) is 0 Å². The van der Waals surface area contributed by atoms with Crippen molar-refractivity contribution in [3.8, 4) is 11.5 Å². The molecule has 0 unspecified atom stereocenters. The van der Waals surface area contributed by atoms with Crippen LogP contribution in [-0.2, 0) is 4.79 Å². The van der Waals surface area contributed by atoms with E-state index in [4.69, 9.17) is 4.42 Å². The first-order chi connectivity index (χ1) is 12.6. The second-order valence-electron chi connectivity index (χ2n) is 6.07. The number of rotatable bonds is 6. The van der Waals surface area contributed by atoms with Crippen molar-refractivity contribution in [1.82, 2.24) is 15.1 Å². The molecule has 0 aliphatic rings. The number of thioether (sulfide) groups is 1. The molecule has 1 atom stereocenters. The van der Waals surface area contributed by atoms with E-state index in [1.54, 1.807) is 4.90 Å². The van der Waals surface area contributed by atoms with Crippen LogP contribution in [0.15, 0.2) is 64.2 Å². The Bertz CT molecular complexity index is 880. The van der Waals surface area contributed by atoms with Gasteiger partial charge in [0, 0.05) is 12.6 Å². The fourth-order valence-electron chi connectivity index (χ4n) is 2.59. The van der Waals surface area contributed by atoms with E-state index in [-0.39, 0.29) is 17.7 Å². The maximum absolute atomic E-state index is 12.5. The van der Waals surface area contributed by atoms with Crippen LogP contribution in [-0.4, -0.2) is 33.8 Å². The van der Waals surface area contributed by atoms with Crippen molar-refractivity contribution >= 4 is 17.7 Å². The molecule has 3 aromatic rings. The third kappa shape index (κ3) is 4.14. The lowest BCUT2D eigenvalue weighted by Gasteiger charge is -2.25. The number of aryl methyl sites for hydroxylation is 1. The van der Waals surface area contributed by atoms with Crippen LogP contribution in [0.1, 0.15) is 24.1 Å². The summed E-state index contributed by atoms with van der Waals surface area (Å²) < 4.78 is 5.70. The molecule has 0 spiro atoms. The molecular weight excluding hydrogens is 346 g/mol. The van der Waals surface area contributed by atoms with Crippen LogP contribution in [0.2, 0.25) is 0 Å². The molecule has 134 valence electrons. The van der Waals surface area contributed by atoms with Gasteiger partial charge in [-0.05, 0) is 31.0 Å². The Labute approximate surface area is 157 Å². The summed E-state index contributed by atoms with van der Waals surface area (Å²) in [6, 6.07) is 17.8. The predicted octanol–water partition coefficient (Wildman–Crippen LogP) is 4.36. The Kier molecular flexibility index (Phi) is 5.73. The van der Waals surface area contributed by atoms with Gasteiger partial charge in [0.1, 0.15) is 0 Å². The van der Waals surface area contributed by atoms with E-state index in [2.05, 4.69) is 10.2 Å². The summed E-state index contributed by atoms with van der Waals surface area (Å²) in [6.07, 6.45) is 0. The zero-order chi connectivity index (χ0) is 18.5. The topological polar surface area (TPSA) is 59.2 Å². The van der Waals surface area contributed by atoms with Gasteiger partial charge in [-0.3, -0.25) is 4.79 Å². The van der Waals surface area contributed by atoms with Gasteiger partial charge in [-0.1, -0.05) is 60.3 Å². The summed E-state index contributed by atoms with van der Waals surface area (Å²) in [5, 5.41) is 8.53. The highest BCUT2D eigenvalue weighted by Crippen LogP contribution is 2.26. The molecule has 0 aliphatic heterocycles. The Balaban J connectivity index is 1.61. The van der Waals surface area contributed by atoms with Crippen LogP contribution < -0.4 is 0 Å². The number of amides is 1. The normalized spacial score (nSPS) is 12.0. The van der Waals surface area contributed by atoms with Crippen LogP contribution in [0.4, 0.5) is 0 Å². The highest BCUT2D eigenvalue weighted by Gasteiger charge is 2.19. The predicted molar refractivity (Wildman–Crippen MR) is 103 cm³/mol. The lowest BCUT2D eigenvalue weighted by Crippen LogP contribution is -2.31. The number of hydrogen-bond donors (Lipinski definition) is 0. The molecule has 0 N–H and O–H groups in total. The molecule has 0 saturated heterocycles. The van der Waals surface area contributed by atoms with Crippen LogP contribution in [0.5, 0.6) is 0 Å². The second kappa shape index (κ2) is 8.19. The largest absolute Gasteiger partial charge is 0.411 e. The van der Waals surface area contributed by atoms with Crippen LogP contribution in [0.3, 0.4) is 0 Å². The number of hydrogen-bond acceptors (Lipinski definition) is 5. The van der Waals surface area contributed by atoms with E-state index in [0.29, 0.717) is 11.1 Å². The van der Waals surface area contributed by atoms with Crippen molar-refractivity contribution in [1.29, 1.82) is 0 Å². The number of nitrogens with zero attached hydrogens (tertiary/aromatic N) is 3. The summed E-state index contributed by atoms with van der Waals surface area (Å²) in [6.45, 7) is 4.01. The molecule has 26 heavy (non-hydrogen) atoms. The van der Waals surface area contributed by atoms with Gasteiger partial charge in [-0.25, -0.2) is 0 Å². The van der Waals surface area contributed by atoms with Gasteiger partial charge in [0.25, 0.3) is 5.22 Å². The van der Waals surface area contributed by atoms with Crippen molar-refractivity contribution in [3.63, 3.8) is 0 Å². The molecule has 2 aromatic carbocycles. The minimum atomic E-state index is 0.00881. The van der Waals surface area contributed by atoms with Crippen molar-refractivity contribution in [2.75, 3.05) is 12.8 Å². The van der Waals surface area contributed by atoms with Crippen molar-refractivity contribution in [2.45, 2.75) is 25.1 Å².